The van der Waals surface area contributed by atoms with Gasteiger partial charge in [-0.1, -0.05) is 39.3 Å². The lowest BCUT2D eigenvalue weighted by atomic mass is 10.3. The van der Waals surface area contributed by atoms with E-state index in [1.807, 2.05) is 22.7 Å². The van der Waals surface area contributed by atoms with Crippen molar-refractivity contribution in [2.45, 2.75) is 51.4 Å². The van der Waals surface area contributed by atoms with Crippen molar-refractivity contribution in [3.05, 3.63) is 30.8 Å². The van der Waals surface area contributed by atoms with Crippen molar-refractivity contribution >= 4 is 70.7 Å². The lowest BCUT2D eigenvalue weighted by molar-refractivity contribution is 1.32. The highest BCUT2D eigenvalue weighted by Crippen LogP contribution is 2.42. The van der Waals surface area contributed by atoms with Crippen LogP contribution < -0.4 is 0 Å². The summed E-state index contributed by atoms with van der Waals surface area (Å²) < 4.78 is 2.64. The summed E-state index contributed by atoms with van der Waals surface area (Å²) in [5.41, 5.74) is 2.99. The van der Waals surface area contributed by atoms with Crippen LogP contribution in [-0.4, -0.2) is 16.1 Å². The minimum atomic E-state index is -1.08. The van der Waals surface area contributed by atoms with Gasteiger partial charge in [0.05, 0.1) is 7.57 Å². The van der Waals surface area contributed by atoms with Crippen molar-refractivity contribution in [3.63, 3.8) is 0 Å². The molecule has 0 nitrogen and oxygen atoms in total. The number of halogens is 2. The summed E-state index contributed by atoms with van der Waals surface area (Å²) >= 11 is 11.3. The molecule has 0 radical (unpaired) electrons. The molecule has 0 saturated carbocycles. The Balaban J connectivity index is 2.30. The molecular weight excluding hydrogens is 472 g/mol. The quantitative estimate of drug-likeness (QED) is 0.370. The molecule has 2 aromatic rings. The average molecular weight is 496 g/mol. The highest BCUT2D eigenvalue weighted by atomic mass is 79.9. The fraction of sp³-hybridized carbons (Fsp3) is 0.500. The molecule has 6 heteroatoms. The third kappa shape index (κ3) is 5.41. The van der Waals surface area contributed by atoms with E-state index in [0.29, 0.717) is 0 Å². The monoisotopic (exact) mass is 494 g/mol. The summed E-state index contributed by atoms with van der Waals surface area (Å²) in [5, 5.41) is 0. The normalized spacial score (nSPS) is 12.9. The molecule has 0 spiro atoms. The second kappa shape index (κ2) is 6.96. The average Bonchev–Trinajstić information content (AvgIpc) is 2.81. The largest absolute Gasteiger partial charge is 0.127 e. The zero-order valence-electron chi connectivity index (χ0n) is 14.1. The van der Waals surface area contributed by atoms with Crippen LogP contribution >= 0.6 is 54.5 Å². The van der Waals surface area contributed by atoms with Crippen molar-refractivity contribution in [2.24, 2.45) is 0 Å². The molecule has 122 valence electrons. The van der Waals surface area contributed by atoms with Gasteiger partial charge in [-0.05, 0) is 67.2 Å². The third-order valence-electron chi connectivity index (χ3n) is 3.20. The van der Waals surface area contributed by atoms with Crippen LogP contribution in [0.2, 0.25) is 39.3 Å². The number of thiophene rings is 2. The first kappa shape index (κ1) is 19.1. The summed E-state index contributed by atoms with van der Waals surface area (Å²) in [6.07, 6.45) is 0. The predicted molar refractivity (Wildman–Crippen MR) is 117 cm³/mol. The van der Waals surface area contributed by atoms with Gasteiger partial charge in [0.25, 0.3) is 0 Å². The van der Waals surface area contributed by atoms with Crippen molar-refractivity contribution in [3.8, 4) is 9.75 Å². The summed E-state index contributed by atoms with van der Waals surface area (Å²) in [5.74, 6) is 0. The van der Waals surface area contributed by atoms with Crippen LogP contribution in [0.15, 0.2) is 19.7 Å². The van der Waals surface area contributed by atoms with Gasteiger partial charge in [-0.25, -0.2) is 0 Å². The van der Waals surface area contributed by atoms with Crippen LogP contribution in [-0.2, 0) is 12.1 Å². The van der Waals surface area contributed by atoms with E-state index in [4.69, 9.17) is 0 Å². The zero-order chi connectivity index (χ0) is 16.7. The maximum Gasteiger partial charge on any atom is 0.0734 e. The van der Waals surface area contributed by atoms with Crippen LogP contribution in [0.25, 0.3) is 9.75 Å². The SMILES string of the molecule is C[Si](C)(C)Cc1cc(-c2cc(C[Si](C)(C)C)c(Br)s2)sc1Br. The Morgan fingerprint density at radius 3 is 1.32 bits per heavy atom. The molecule has 0 bridgehead atoms. The summed E-state index contributed by atoms with van der Waals surface area (Å²) in [4.78, 5) is 2.82. The zero-order valence-corrected chi connectivity index (χ0v) is 20.9. The van der Waals surface area contributed by atoms with Gasteiger partial charge in [-0.3, -0.25) is 0 Å². The molecule has 0 aliphatic rings. The van der Waals surface area contributed by atoms with Gasteiger partial charge in [-0.15, -0.1) is 22.7 Å². The van der Waals surface area contributed by atoms with E-state index in [0.717, 1.165) is 0 Å². The van der Waals surface area contributed by atoms with Crippen LogP contribution in [0.1, 0.15) is 11.1 Å². The number of hydrogen-bond donors (Lipinski definition) is 0. The Labute approximate surface area is 161 Å². The van der Waals surface area contributed by atoms with Crippen LogP contribution in [0.5, 0.6) is 0 Å². The van der Waals surface area contributed by atoms with E-state index < -0.39 is 16.1 Å². The molecule has 0 unspecified atom stereocenters. The molecule has 0 amide bonds. The Kier molecular flexibility index (Phi) is 6.05. The molecule has 2 aromatic heterocycles. The fourth-order valence-electron chi connectivity index (χ4n) is 2.44. The van der Waals surface area contributed by atoms with Crippen molar-refractivity contribution in [1.29, 1.82) is 0 Å². The van der Waals surface area contributed by atoms with Crippen molar-refractivity contribution < 1.29 is 0 Å². The van der Waals surface area contributed by atoms with E-state index in [-0.39, 0.29) is 0 Å². The standard InChI is InChI=1S/C16H24Br2S2Si2/c1-21(2,3)9-11-7-13(19-15(11)17)14-8-12(16(18)20-14)10-22(4,5)6/h7-8H,9-10H2,1-6H3. The number of rotatable bonds is 5. The molecule has 0 fully saturated rings. The highest BCUT2D eigenvalue weighted by Gasteiger charge is 2.21. The van der Waals surface area contributed by atoms with Gasteiger partial charge in [0.1, 0.15) is 0 Å². The maximum atomic E-state index is 3.78. The van der Waals surface area contributed by atoms with Gasteiger partial charge < -0.3 is 0 Å². The van der Waals surface area contributed by atoms with Gasteiger partial charge in [0.15, 0.2) is 0 Å². The summed E-state index contributed by atoms with van der Waals surface area (Å²) in [7, 11) is -2.16. The van der Waals surface area contributed by atoms with Crippen LogP contribution in [0.4, 0.5) is 0 Å². The fourth-order valence-corrected chi connectivity index (χ4v) is 9.49. The van der Waals surface area contributed by atoms with Crippen LogP contribution in [0, 0.1) is 0 Å². The third-order valence-corrected chi connectivity index (χ3v) is 10.2. The molecule has 0 aliphatic carbocycles. The maximum absolute atomic E-state index is 3.78. The number of hydrogen-bond acceptors (Lipinski definition) is 2. The Hall–Kier alpha value is 0.794. The smallest absolute Gasteiger partial charge is 0.0734 e. The molecule has 22 heavy (non-hydrogen) atoms. The molecule has 0 N–H and O–H groups in total. The molecule has 0 aliphatic heterocycles. The topological polar surface area (TPSA) is 0 Å². The van der Waals surface area contributed by atoms with E-state index in [1.54, 1.807) is 0 Å². The molecular formula is C16H24Br2S2Si2. The van der Waals surface area contributed by atoms with Crippen LogP contribution in [0.3, 0.4) is 0 Å². The van der Waals surface area contributed by atoms with Gasteiger partial charge >= 0.3 is 0 Å². The van der Waals surface area contributed by atoms with E-state index in [9.17, 15) is 0 Å². The molecule has 0 atom stereocenters. The first-order valence-corrected chi connectivity index (χ1v) is 18.1. The second-order valence-corrected chi connectivity index (χ2v) is 24.0. The molecule has 2 rings (SSSR count). The minimum Gasteiger partial charge on any atom is -0.127 e. The molecule has 0 saturated heterocycles. The highest BCUT2D eigenvalue weighted by molar-refractivity contribution is 9.11. The first-order valence-electron chi connectivity index (χ1n) is 7.51. The van der Waals surface area contributed by atoms with E-state index in [2.05, 4.69) is 83.3 Å². The first-order chi connectivity index (χ1) is 9.94. The Morgan fingerprint density at radius 1 is 0.727 bits per heavy atom. The Morgan fingerprint density at radius 2 is 1.05 bits per heavy atom. The summed E-state index contributed by atoms with van der Waals surface area (Å²) in [6, 6.07) is 7.31. The van der Waals surface area contributed by atoms with E-state index in [1.165, 1.54) is 40.5 Å². The predicted octanol–water partition coefficient (Wildman–Crippen LogP) is 7.84. The summed E-state index contributed by atoms with van der Waals surface area (Å²) in [6.45, 7) is 14.6. The van der Waals surface area contributed by atoms with Gasteiger partial charge in [0.2, 0.25) is 0 Å². The second-order valence-electron chi connectivity index (χ2n) is 8.29. The van der Waals surface area contributed by atoms with Gasteiger partial charge in [-0.2, -0.15) is 0 Å². The van der Waals surface area contributed by atoms with E-state index >= 15 is 0 Å². The lowest BCUT2D eigenvalue weighted by Gasteiger charge is -2.14. The van der Waals surface area contributed by atoms with Crippen molar-refractivity contribution in [2.75, 3.05) is 0 Å². The minimum absolute atomic E-state index is 1.08. The van der Waals surface area contributed by atoms with Gasteiger partial charge in [0, 0.05) is 25.9 Å². The van der Waals surface area contributed by atoms with Crippen molar-refractivity contribution in [1.82, 2.24) is 0 Å². The molecule has 0 aromatic carbocycles. The lowest BCUT2D eigenvalue weighted by Crippen LogP contribution is -2.23. The Bertz CT molecular complexity index is 602. The molecule has 2 heterocycles.